The zero-order chi connectivity index (χ0) is 13.5. The van der Waals surface area contributed by atoms with E-state index in [1.54, 1.807) is 19.9 Å². The highest BCUT2D eigenvalue weighted by Crippen LogP contribution is 2.11. The van der Waals surface area contributed by atoms with E-state index in [2.05, 4.69) is 16.0 Å². The van der Waals surface area contributed by atoms with Gasteiger partial charge in [-0.2, -0.15) is 0 Å². The Morgan fingerprint density at radius 2 is 2.00 bits per heavy atom. The van der Waals surface area contributed by atoms with E-state index in [9.17, 15) is 14.0 Å². The number of nitrogens with one attached hydrogen (secondary N) is 3. The molecule has 98 valence electrons. The third-order valence-corrected chi connectivity index (χ3v) is 2.21. The van der Waals surface area contributed by atoms with E-state index < -0.39 is 17.9 Å². The van der Waals surface area contributed by atoms with E-state index in [0.717, 1.165) is 0 Å². The SMILES string of the molecule is CCNC(=O)[C@H](C)NC(=O)Nc1ccccc1F. The molecule has 0 bridgehead atoms. The van der Waals surface area contributed by atoms with Crippen LogP contribution in [0, 0.1) is 5.82 Å². The maximum Gasteiger partial charge on any atom is 0.319 e. The van der Waals surface area contributed by atoms with Crippen molar-refractivity contribution in [3.05, 3.63) is 30.1 Å². The van der Waals surface area contributed by atoms with Gasteiger partial charge in [0.1, 0.15) is 11.9 Å². The fraction of sp³-hybridized carbons (Fsp3) is 0.333. The van der Waals surface area contributed by atoms with Gasteiger partial charge in [0, 0.05) is 6.54 Å². The molecule has 0 radical (unpaired) electrons. The number of carbonyl (C=O) groups excluding carboxylic acids is 2. The van der Waals surface area contributed by atoms with Gasteiger partial charge in [-0.05, 0) is 26.0 Å². The molecule has 6 heteroatoms. The van der Waals surface area contributed by atoms with Gasteiger partial charge in [-0.15, -0.1) is 0 Å². The first-order valence-electron chi connectivity index (χ1n) is 5.64. The second kappa shape index (κ2) is 6.58. The Balaban J connectivity index is 2.52. The summed E-state index contributed by atoms with van der Waals surface area (Å²) in [4.78, 5) is 22.9. The minimum Gasteiger partial charge on any atom is -0.355 e. The average molecular weight is 253 g/mol. The Morgan fingerprint density at radius 1 is 1.33 bits per heavy atom. The summed E-state index contributed by atoms with van der Waals surface area (Å²) < 4.78 is 13.2. The number of likely N-dealkylation sites (N-methyl/N-ethyl adjacent to an activating group) is 1. The monoisotopic (exact) mass is 253 g/mol. The lowest BCUT2D eigenvalue weighted by atomic mass is 10.3. The Labute approximate surface area is 105 Å². The summed E-state index contributed by atoms with van der Waals surface area (Å²) in [6.45, 7) is 3.82. The molecule has 3 N–H and O–H groups in total. The number of rotatable bonds is 4. The van der Waals surface area contributed by atoms with E-state index in [0.29, 0.717) is 6.54 Å². The standard InChI is InChI=1S/C12H16FN3O2/c1-3-14-11(17)8(2)15-12(18)16-10-7-5-4-6-9(10)13/h4-8H,3H2,1-2H3,(H,14,17)(H2,15,16,18)/t8-/m0/s1. The van der Waals surface area contributed by atoms with Gasteiger partial charge in [-0.3, -0.25) is 4.79 Å². The molecule has 1 aromatic rings. The number of amides is 3. The van der Waals surface area contributed by atoms with Crippen LogP contribution in [0.4, 0.5) is 14.9 Å². The van der Waals surface area contributed by atoms with Crippen LogP contribution in [-0.4, -0.2) is 24.5 Å². The number of benzene rings is 1. The highest BCUT2D eigenvalue weighted by Gasteiger charge is 2.15. The van der Waals surface area contributed by atoms with Gasteiger partial charge in [-0.25, -0.2) is 9.18 Å². The number of urea groups is 1. The molecule has 1 aromatic carbocycles. The molecule has 18 heavy (non-hydrogen) atoms. The molecular formula is C12H16FN3O2. The van der Waals surface area contributed by atoms with Gasteiger partial charge in [-0.1, -0.05) is 12.1 Å². The Morgan fingerprint density at radius 3 is 2.61 bits per heavy atom. The van der Waals surface area contributed by atoms with Crippen LogP contribution in [0.15, 0.2) is 24.3 Å². The Hall–Kier alpha value is -2.11. The maximum atomic E-state index is 13.2. The van der Waals surface area contributed by atoms with Crippen molar-refractivity contribution in [3.8, 4) is 0 Å². The highest BCUT2D eigenvalue weighted by molar-refractivity contribution is 5.93. The second-order valence-corrected chi connectivity index (χ2v) is 3.69. The summed E-state index contributed by atoms with van der Waals surface area (Å²) in [5.74, 6) is -0.820. The molecule has 0 fully saturated rings. The molecule has 0 heterocycles. The lowest BCUT2D eigenvalue weighted by Gasteiger charge is -2.14. The third-order valence-electron chi connectivity index (χ3n) is 2.21. The average Bonchev–Trinajstić information content (AvgIpc) is 2.32. The van der Waals surface area contributed by atoms with Crippen molar-refractivity contribution in [1.82, 2.24) is 10.6 Å². The summed E-state index contributed by atoms with van der Waals surface area (Å²) in [6, 6.07) is 4.49. The van der Waals surface area contributed by atoms with E-state index in [-0.39, 0.29) is 11.6 Å². The molecule has 0 aromatic heterocycles. The minimum absolute atomic E-state index is 0.0677. The molecule has 0 saturated heterocycles. The van der Waals surface area contributed by atoms with E-state index in [4.69, 9.17) is 0 Å². The second-order valence-electron chi connectivity index (χ2n) is 3.69. The Kier molecular flexibility index (Phi) is 5.10. The molecule has 0 aliphatic carbocycles. The quantitative estimate of drug-likeness (QED) is 0.760. The molecule has 0 spiro atoms. The van der Waals surface area contributed by atoms with Crippen molar-refractivity contribution in [2.24, 2.45) is 0 Å². The highest BCUT2D eigenvalue weighted by atomic mass is 19.1. The molecule has 0 aliphatic heterocycles. The number of hydrogen-bond donors (Lipinski definition) is 3. The molecule has 1 atom stereocenters. The van der Waals surface area contributed by atoms with Gasteiger partial charge in [0.05, 0.1) is 5.69 Å². The van der Waals surface area contributed by atoms with Crippen LogP contribution in [0.1, 0.15) is 13.8 Å². The van der Waals surface area contributed by atoms with Crippen LogP contribution >= 0.6 is 0 Å². The fourth-order valence-electron chi connectivity index (χ4n) is 1.31. The summed E-state index contributed by atoms with van der Waals surface area (Å²) in [7, 11) is 0. The first-order valence-corrected chi connectivity index (χ1v) is 5.64. The maximum absolute atomic E-state index is 13.2. The third kappa shape index (κ3) is 4.04. The van der Waals surface area contributed by atoms with E-state index in [1.807, 2.05) is 0 Å². The Bertz CT molecular complexity index is 437. The fourth-order valence-corrected chi connectivity index (χ4v) is 1.31. The van der Waals surface area contributed by atoms with Gasteiger partial charge in [0.15, 0.2) is 0 Å². The number of hydrogen-bond acceptors (Lipinski definition) is 2. The van der Waals surface area contributed by atoms with Crippen LogP contribution in [0.25, 0.3) is 0 Å². The van der Waals surface area contributed by atoms with Crippen LogP contribution in [0.2, 0.25) is 0 Å². The van der Waals surface area contributed by atoms with Crippen LogP contribution in [-0.2, 0) is 4.79 Å². The van der Waals surface area contributed by atoms with Crippen LogP contribution in [0.5, 0.6) is 0 Å². The smallest absolute Gasteiger partial charge is 0.319 e. The molecule has 0 saturated carbocycles. The van der Waals surface area contributed by atoms with Crippen molar-refractivity contribution >= 4 is 17.6 Å². The van der Waals surface area contributed by atoms with Gasteiger partial charge >= 0.3 is 6.03 Å². The molecule has 5 nitrogen and oxygen atoms in total. The summed E-state index contributed by atoms with van der Waals surface area (Å²) in [5.41, 5.74) is 0.0677. The lowest BCUT2D eigenvalue weighted by molar-refractivity contribution is -0.122. The van der Waals surface area contributed by atoms with Crippen molar-refractivity contribution < 1.29 is 14.0 Å². The molecular weight excluding hydrogens is 237 g/mol. The first-order chi connectivity index (χ1) is 8.54. The number of halogens is 1. The zero-order valence-electron chi connectivity index (χ0n) is 10.3. The van der Waals surface area contributed by atoms with Crippen molar-refractivity contribution in [2.75, 3.05) is 11.9 Å². The lowest BCUT2D eigenvalue weighted by Crippen LogP contribution is -2.46. The predicted octanol–water partition coefficient (Wildman–Crippen LogP) is 1.47. The molecule has 0 unspecified atom stereocenters. The van der Waals surface area contributed by atoms with Crippen LogP contribution in [0.3, 0.4) is 0 Å². The van der Waals surface area contributed by atoms with E-state index in [1.165, 1.54) is 18.2 Å². The minimum atomic E-state index is -0.684. The van der Waals surface area contributed by atoms with Crippen molar-refractivity contribution in [2.45, 2.75) is 19.9 Å². The van der Waals surface area contributed by atoms with Crippen LogP contribution < -0.4 is 16.0 Å². The topological polar surface area (TPSA) is 70.2 Å². The van der Waals surface area contributed by atoms with Crippen molar-refractivity contribution in [3.63, 3.8) is 0 Å². The number of anilines is 1. The largest absolute Gasteiger partial charge is 0.355 e. The predicted molar refractivity (Wildman–Crippen MR) is 66.7 cm³/mol. The normalized spacial score (nSPS) is 11.5. The molecule has 0 aliphatic rings. The number of carbonyl (C=O) groups is 2. The van der Waals surface area contributed by atoms with Gasteiger partial charge in [0.25, 0.3) is 0 Å². The summed E-state index contributed by atoms with van der Waals surface area (Å²) >= 11 is 0. The summed E-state index contributed by atoms with van der Waals surface area (Å²) in [6.07, 6.45) is 0. The van der Waals surface area contributed by atoms with Gasteiger partial charge in [0.2, 0.25) is 5.91 Å². The van der Waals surface area contributed by atoms with Gasteiger partial charge < -0.3 is 16.0 Å². The first kappa shape index (κ1) is 14.0. The van der Waals surface area contributed by atoms with Crippen molar-refractivity contribution in [1.29, 1.82) is 0 Å². The summed E-state index contributed by atoms with van der Waals surface area (Å²) in [5, 5.41) is 7.31. The molecule has 1 rings (SSSR count). The molecule has 3 amide bonds. The van der Waals surface area contributed by atoms with E-state index >= 15 is 0 Å². The zero-order valence-corrected chi connectivity index (χ0v) is 10.3. The number of para-hydroxylation sites is 1.